The van der Waals surface area contributed by atoms with E-state index in [1.165, 1.54) is 5.56 Å². The van der Waals surface area contributed by atoms with Crippen LogP contribution in [0, 0.1) is 6.92 Å². The number of hydrogen-bond donors (Lipinski definition) is 1. The van der Waals surface area contributed by atoms with Crippen LogP contribution in [0.25, 0.3) is 0 Å². The molecule has 1 N–H and O–H groups in total. The van der Waals surface area contributed by atoms with Crippen molar-refractivity contribution in [3.63, 3.8) is 0 Å². The SMILES string of the molecule is Cc1c(Cl)cccc1NC(=O)N1CCCc2ccccc21. The van der Waals surface area contributed by atoms with E-state index in [0.29, 0.717) is 5.02 Å². The number of rotatable bonds is 1. The lowest BCUT2D eigenvalue weighted by atomic mass is 10.0. The average Bonchev–Trinajstić information content (AvgIpc) is 2.51. The van der Waals surface area contributed by atoms with Crippen LogP contribution in [-0.2, 0) is 6.42 Å². The van der Waals surface area contributed by atoms with Gasteiger partial charge in [0.25, 0.3) is 0 Å². The van der Waals surface area contributed by atoms with Crippen LogP contribution in [-0.4, -0.2) is 12.6 Å². The van der Waals surface area contributed by atoms with E-state index in [4.69, 9.17) is 11.6 Å². The van der Waals surface area contributed by atoms with Crippen LogP contribution in [0.5, 0.6) is 0 Å². The topological polar surface area (TPSA) is 32.3 Å². The number of hydrogen-bond acceptors (Lipinski definition) is 1. The number of amides is 2. The molecule has 21 heavy (non-hydrogen) atoms. The van der Waals surface area contributed by atoms with Crippen molar-refractivity contribution in [2.45, 2.75) is 19.8 Å². The summed E-state index contributed by atoms with van der Waals surface area (Å²) in [6.45, 7) is 2.64. The summed E-state index contributed by atoms with van der Waals surface area (Å²) in [5, 5.41) is 3.62. The van der Waals surface area contributed by atoms with E-state index < -0.39 is 0 Å². The predicted octanol–water partition coefficient (Wildman–Crippen LogP) is 4.63. The molecule has 0 spiro atoms. The minimum atomic E-state index is -0.104. The number of carbonyl (C=O) groups is 1. The quantitative estimate of drug-likeness (QED) is 0.818. The molecular formula is C17H17ClN2O. The van der Waals surface area contributed by atoms with Gasteiger partial charge in [0.2, 0.25) is 0 Å². The highest BCUT2D eigenvalue weighted by Gasteiger charge is 2.22. The number of fused-ring (bicyclic) bond motifs is 1. The van der Waals surface area contributed by atoms with Crippen molar-refractivity contribution in [1.29, 1.82) is 0 Å². The van der Waals surface area contributed by atoms with Gasteiger partial charge >= 0.3 is 6.03 Å². The molecule has 3 nitrogen and oxygen atoms in total. The van der Waals surface area contributed by atoms with Gasteiger partial charge in [-0.2, -0.15) is 0 Å². The number of aryl methyl sites for hydroxylation is 1. The fourth-order valence-electron chi connectivity index (χ4n) is 2.67. The Hall–Kier alpha value is -2.00. The van der Waals surface area contributed by atoms with Crippen LogP contribution in [0.4, 0.5) is 16.2 Å². The number of carbonyl (C=O) groups excluding carboxylic acids is 1. The molecule has 0 unspecified atom stereocenters. The highest BCUT2D eigenvalue weighted by Crippen LogP contribution is 2.28. The lowest BCUT2D eigenvalue weighted by molar-refractivity contribution is 0.256. The maximum Gasteiger partial charge on any atom is 0.326 e. The number of urea groups is 1. The third-order valence-corrected chi connectivity index (χ3v) is 4.27. The standard InChI is InChI=1S/C17H17ClN2O/c1-12-14(18)8-4-9-15(12)19-17(21)20-11-5-7-13-6-2-3-10-16(13)20/h2-4,6,8-10H,5,7,11H2,1H3,(H,19,21). The highest BCUT2D eigenvalue weighted by atomic mass is 35.5. The molecule has 0 atom stereocenters. The van der Waals surface area contributed by atoms with Crippen molar-refractivity contribution < 1.29 is 4.79 Å². The van der Waals surface area contributed by atoms with Gasteiger partial charge in [-0.3, -0.25) is 4.90 Å². The number of nitrogens with zero attached hydrogens (tertiary/aromatic N) is 1. The Kier molecular flexibility index (Phi) is 3.84. The minimum Gasteiger partial charge on any atom is -0.307 e. The Labute approximate surface area is 129 Å². The summed E-state index contributed by atoms with van der Waals surface area (Å²) < 4.78 is 0. The number of halogens is 1. The molecule has 2 amide bonds. The normalized spacial score (nSPS) is 13.7. The fourth-order valence-corrected chi connectivity index (χ4v) is 2.84. The fraction of sp³-hybridized carbons (Fsp3) is 0.235. The van der Waals surface area contributed by atoms with Crippen molar-refractivity contribution in [2.75, 3.05) is 16.8 Å². The molecule has 0 radical (unpaired) electrons. The Morgan fingerprint density at radius 1 is 1.19 bits per heavy atom. The zero-order valence-electron chi connectivity index (χ0n) is 11.9. The van der Waals surface area contributed by atoms with Gasteiger partial charge in [-0.05, 0) is 49.1 Å². The maximum atomic E-state index is 12.6. The van der Waals surface area contributed by atoms with Gasteiger partial charge in [0.1, 0.15) is 0 Å². The first-order valence-corrected chi connectivity index (χ1v) is 7.46. The lowest BCUT2D eigenvalue weighted by Gasteiger charge is -2.29. The highest BCUT2D eigenvalue weighted by molar-refractivity contribution is 6.31. The first kappa shape index (κ1) is 14.0. The molecule has 1 aliphatic rings. The van der Waals surface area contributed by atoms with Gasteiger partial charge in [-0.15, -0.1) is 0 Å². The zero-order chi connectivity index (χ0) is 14.8. The second kappa shape index (κ2) is 5.78. The van der Waals surface area contributed by atoms with E-state index in [9.17, 15) is 4.79 Å². The molecule has 0 saturated carbocycles. The summed E-state index contributed by atoms with van der Waals surface area (Å²) in [7, 11) is 0. The van der Waals surface area contributed by atoms with Gasteiger partial charge in [0.15, 0.2) is 0 Å². The molecule has 2 aromatic carbocycles. The molecule has 108 valence electrons. The number of para-hydroxylation sites is 1. The molecule has 1 heterocycles. The van der Waals surface area contributed by atoms with Crippen LogP contribution >= 0.6 is 11.6 Å². The molecule has 4 heteroatoms. The Morgan fingerprint density at radius 3 is 2.86 bits per heavy atom. The zero-order valence-corrected chi connectivity index (χ0v) is 12.7. The molecule has 2 aromatic rings. The Bertz CT molecular complexity index is 684. The van der Waals surface area contributed by atoms with Crippen molar-refractivity contribution in [2.24, 2.45) is 0 Å². The van der Waals surface area contributed by atoms with E-state index in [1.54, 1.807) is 4.90 Å². The van der Waals surface area contributed by atoms with E-state index >= 15 is 0 Å². The van der Waals surface area contributed by atoms with Crippen molar-refractivity contribution in [3.8, 4) is 0 Å². The molecule has 3 rings (SSSR count). The monoisotopic (exact) mass is 300 g/mol. The summed E-state index contributed by atoms with van der Waals surface area (Å²) in [5.41, 5.74) is 3.87. The predicted molar refractivity (Wildman–Crippen MR) is 87.3 cm³/mol. The number of nitrogens with one attached hydrogen (secondary N) is 1. The molecule has 0 fully saturated rings. The average molecular weight is 301 g/mol. The van der Waals surface area contributed by atoms with E-state index in [2.05, 4.69) is 11.4 Å². The lowest BCUT2D eigenvalue weighted by Crippen LogP contribution is -2.38. The van der Waals surface area contributed by atoms with Crippen LogP contribution < -0.4 is 10.2 Å². The number of anilines is 2. The number of benzene rings is 2. The molecule has 0 saturated heterocycles. The molecule has 0 aliphatic carbocycles. The van der Waals surface area contributed by atoms with Crippen LogP contribution in [0.1, 0.15) is 17.5 Å². The van der Waals surface area contributed by atoms with Crippen molar-refractivity contribution in [1.82, 2.24) is 0 Å². The molecule has 1 aliphatic heterocycles. The Morgan fingerprint density at radius 2 is 2.00 bits per heavy atom. The third kappa shape index (κ3) is 2.74. The first-order chi connectivity index (χ1) is 10.2. The molecular weight excluding hydrogens is 284 g/mol. The van der Waals surface area contributed by atoms with Gasteiger partial charge < -0.3 is 5.32 Å². The van der Waals surface area contributed by atoms with E-state index in [1.807, 2.05) is 43.3 Å². The summed E-state index contributed by atoms with van der Waals surface area (Å²) in [6, 6.07) is 13.5. The van der Waals surface area contributed by atoms with Gasteiger partial charge in [0.05, 0.1) is 0 Å². The molecule has 0 aromatic heterocycles. The summed E-state index contributed by atoms with van der Waals surface area (Å²) in [4.78, 5) is 14.4. The largest absolute Gasteiger partial charge is 0.326 e. The smallest absolute Gasteiger partial charge is 0.307 e. The summed E-state index contributed by atoms with van der Waals surface area (Å²) >= 11 is 6.10. The van der Waals surface area contributed by atoms with Crippen LogP contribution in [0.15, 0.2) is 42.5 Å². The molecule has 0 bridgehead atoms. The second-order valence-corrected chi connectivity index (χ2v) is 5.63. The first-order valence-electron chi connectivity index (χ1n) is 7.08. The van der Waals surface area contributed by atoms with Crippen LogP contribution in [0.2, 0.25) is 5.02 Å². The van der Waals surface area contributed by atoms with Crippen LogP contribution in [0.3, 0.4) is 0 Å². The van der Waals surface area contributed by atoms with Gasteiger partial charge in [-0.1, -0.05) is 35.9 Å². The second-order valence-electron chi connectivity index (χ2n) is 5.23. The third-order valence-electron chi connectivity index (χ3n) is 3.86. The van der Waals surface area contributed by atoms with Crippen molar-refractivity contribution in [3.05, 3.63) is 58.6 Å². The van der Waals surface area contributed by atoms with Crippen molar-refractivity contribution >= 4 is 29.0 Å². The maximum absolute atomic E-state index is 12.6. The summed E-state index contributed by atoms with van der Waals surface area (Å²) in [5.74, 6) is 0. The van der Waals surface area contributed by atoms with Gasteiger partial charge in [0, 0.05) is 22.9 Å². The Balaban J connectivity index is 1.85. The van der Waals surface area contributed by atoms with Gasteiger partial charge in [-0.25, -0.2) is 4.79 Å². The van der Waals surface area contributed by atoms with E-state index in [-0.39, 0.29) is 6.03 Å². The minimum absolute atomic E-state index is 0.104. The summed E-state index contributed by atoms with van der Waals surface area (Å²) in [6.07, 6.45) is 2.01. The van der Waals surface area contributed by atoms with E-state index in [0.717, 1.165) is 36.3 Å².